The second kappa shape index (κ2) is 5.11. The third-order valence-electron chi connectivity index (χ3n) is 2.10. The monoisotopic (exact) mass is 265 g/mol. The van der Waals surface area contributed by atoms with Gasteiger partial charge in [-0.1, -0.05) is 0 Å². The van der Waals surface area contributed by atoms with Crippen LogP contribution in [0.25, 0.3) is 0 Å². The number of carbonyl (C=O) groups is 1. The molecule has 0 spiro atoms. The van der Waals surface area contributed by atoms with E-state index in [4.69, 9.17) is 0 Å². The standard InChI is InChI=1S/C10H10F3NO4/c1-5-7(18-10(11,12)13)4-14-6(9(5)16)3-8(15)17-2/h4,16H,3H2,1-2H3. The Morgan fingerprint density at radius 2 is 2.11 bits per heavy atom. The summed E-state index contributed by atoms with van der Waals surface area (Å²) in [5.41, 5.74) is -0.227. The number of aromatic nitrogens is 1. The summed E-state index contributed by atoms with van der Waals surface area (Å²) in [5, 5.41) is 9.60. The van der Waals surface area contributed by atoms with Gasteiger partial charge in [0.25, 0.3) is 0 Å². The van der Waals surface area contributed by atoms with Gasteiger partial charge in [0.2, 0.25) is 0 Å². The number of halogens is 3. The molecule has 0 aliphatic carbocycles. The summed E-state index contributed by atoms with van der Waals surface area (Å²) in [5.74, 6) is -1.81. The number of alkyl halides is 3. The molecule has 0 saturated carbocycles. The summed E-state index contributed by atoms with van der Waals surface area (Å²) in [6.07, 6.45) is -4.42. The first-order valence-electron chi connectivity index (χ1n) is 4.74. The highest BCUT2D eigenvalue weighted by atomic mass is 19.4. The van der Waals surface area contributed by atoms with E-state index >= 15 is 0 Å². The number of rotatable bonds is 3. The molecule has 18 heavy (non-hydrogen) atoms. The normalized spacial score (nSPS) is 11.2. The molecule has 1 aromatic heterocycles. The highest BCUT2D eigenvalue weighted by molar-refractivity contribution is 5.73. The first kappa shape index (κ1) is 14.1. The molecule has 1 rings (SSSR count). The van der Waals surface area contributed by atoms with E-state index in [2.05, 4.69) is 14.5 Å². The van der Waals surface area contributed by atoms with Crippen molar-refractivity contribution in [1.82, 2.24) is 4.98 Å². The van der Waals surface area contributed by atoms with Crippen LogP contribution in [-0.2, 0) is 16.0 Å². The molecule has 0 fully saturated rings. The first-order chi connectivity index (χ1) is 8.24. The van der Waals surface area contributed by atoms with E-state index in [-0.39, 0.29) is 17.7 Å². The predicted octanol–water partition coefficient (Wildman–Crippen LogP) is 1.71. The van der Waals surface area contributed by atoms with Crippen LogP contribution in [0, 0.1) is 6.92 Å². The Bertz CT molecular complexity index is 459. The minimum Gasteiger partial charge on any atom is -0.506 e. The average Bonchev–Trinajstić information content (AvgIpc) is 2.27. The van der Waals surface area contributed by atoms with Crippen molar-refractivity contribution in [3.63, 3.8) is 0 Å². The van der Waals surface area contributed by atoms with Gasteiger partial charge in [-0.3, -0.25) is 9.78 Å². The molecule has 1 N–H and O–H groups in total. The van der Waals surface area contributed by atoms with Gasteiger partial charge in [0, 0.05) is 5.56 Å². The Kier molecular flexibility index (Phi) is 4.00. The molecule has 8 heteroatoms. The van der Waals surface area contributed by atoms with Gasteiger partial charge in [-0.25, -0.2) is 0 Å². The van der Waals surface area contributed by atoms with Gasteiger partial charge in [-0.05, 0) is 6.92 Å². The molecule has 0 unspecified atom stereocenters. The van der Waals surface area contributed by atoms with E-state index in [1.807, 2.05) is 0 Å². The lowest BCUT2D eigenvalue weighted by Gasteiger charge is -2.13. The molecule has 0 saturated heterocycles. The Morgan fingerprint density at radius 1 is 1.50 bits per heavy atom. The van der Waals surface area contributed by atoms with Crippen molar-refractivity contribution in [3.8, 4) is 11.5 Å². The average molecular weight is 265 g/mol. The van der Waals surface area contributed by atoms with Gasteiger partial charge in [0.05, 0.1) is 25.4 Å². The zero-order valence-corrected chi connectivity index (χ0v) is 9.54. The van der Waals surface area contributed by atoms with E-state index in [1.165, 1.54) is 6.92 Å². The van der Waals surface area contributed by atoms with Gasteiger partial charge in [0.1, 0.15) is 5.75 Å². The fourth-order valence-corrected chi connectivity index (χ4v) is 1.19. The van der Waals surface area contributed by atoms with Crippen LogP contribution in [0.1, 0.15) is 11.3 Å². The van der Waals surface area contributed by atoms with Crippen LogP contribution in [-0.4, -0.2) is 29.5 Å². The number of methoxy groups -OCH3 is 1. The third-order valence-corrected chi connectivity index (χ3v) is 2.10. The molecule has 0 radical (unpaired) electrons. The maximum Gasteiger partial charge on any atom is 0.573 e. The number of carbonyl (C=O) groups excluding carboxylic acids is 1. The smallest absolute Gasteiger partial charge is 0.506 e. The molecule has 0 aliphatic rings. The van der Waals surface area contributed by atoms with Crippen molar-refractivity contribution in [2.24, 2.45) is 0 Å². The van der Waals surface area contributed by atoms with Gasteiger partial charge in [-0.2, -0.15) is 0 Å². The Labute approximate surface area is 100 Å². The molecule has 0 aliphatic heterocycles. The van der Waals surface area contributed by atoms with Gasteiger partial charge in [0.15, 0.2) is 5.75 Å². The Morgan fingerprint density at radius 3 is 2.61 bits per heavy atom. The predicted molar refractivity (Wildman–Crippen MR) is 53.0 cm³/mol. The van der Waals surface area contributed by atoms with E-state index in [0.717, 1.165) is 13.3 Å². The second-order valence-corrected chi connectivity index (χ2v) is 3.34. The van der Waals surface area contributed by atoms with Crippen LogP contribution in [0.4, 0.5) is 13.2 Å². The molecule has 5 nitrogen and oxygen atoms in total. The lowest BCUT2D eigenvalue weighted by molar-refractivity contribution is -0.275. The van der Waals surface area contributed by atoms with Crippen LogP contribution in [0.5, 0.6) is 11.5 Å². The Hall–Kier alpha value is -1.99. The van der Waals surface area contributed by atoms with E-state index in [9.17, 15) is 23.1 Å². The van der Waals surface area contributed by atoms with E-state index in [0.29, 0.717) is 0 Å². The zero-order chi connectivity index (χ0) is 13.9. The number of aromatic hydroxyl groups is 1. The number of esters is 1. The van der Waals surface area contributed by atoms with Crippen LogP contribution in [0.15, 0.2) is 6.20 Å². The minimum absolute atomic E-state index is 0.0751. The quantitative estimate of drug-likeness (QED) is 0.842. The lowest BCUT2D eigenvalue weighted by Crippen LogP contribution is -2.18. The van der Waals surface area contributed by atoms with Crippen molar-refractivity contribution >= 4 is 5.97 Å². The van der Waals surface area contributed by atoms with Gasteiger partial charge in [-0.15, -0.1) is 13.2 Å². The number of hydrogen-bond donors (Lipinski definition) is 1. The van der Waals surface area contributed by atoms with Gasteiger partial charge < -0.3 is 14.6 Å². The largest absolute Gasteiger partial charge is 0.573 e. The molecule has 0 bridgehead atoms. The first-order valence-corrected chi connectivity index (χ1v) is 4.74. The summed E-state index contributed by atoms with van der Waals surface area (Å²) in [6.45, 7) is 1.22. The van der Waals surface area contributed by atoms with Crippen molar-refractivity contribution < 1.29 is 32.5 Å². The highest BCUT2D eigenvalue weighted by Gasteiger charge is 2.32. The topological polar surface area (TPSA) is 68.7 Å². The maximum absolute atomic E-state index is 12.0. The SMILES string of the molecule is COC(=O)Cc1ncc(OC(F)(F)F)c(C)c1O. The fraction of sp³-hybridized carbons (Fsp3) is 0.400. The maximum atomic E-state index is 12.0. The molecular weight excluding hydrogens is 255 g/mol. The molecule has 0 aromatic carbocycles. The minimum atomic E-state index is -4.87. The lowest BCUT2D eigenvalue weighted by atomic mass is 10.1. The number of ether oxygens (including phenoxy) is 2. The van der Waals surface area contributed by atoms with Crippen LogP contribution in [0.3, 0.4) is 0 Å². The van der Waals surface area contributed by atoms with Crippen molar-refractivity contribution in [3.05, 3.63) is 17.5 Å². The summed E-state index contributed by atoms with van der Waals surface area (Å²) in [6, 6.07) is 0. The van der Waals surface area contributed by atoms with Crippen molar-refractivity contribution in [2.75, 3.05) is 7.11 Å². The second-order valence-electron chi connectivity index (χ2n) is 3.34. The van der Waals surface area contributed by atoms with E-state index in [1.54, 1.807) is 0 Å². The third kappa shape index (κ3) is 3.51. The summed E-state index contributed by atoms with van der Waals surface area (Å²) in [4.78, 5) is 14.5. The zero-order valence-electron chi connectivity index (χ0n) is 9.54. The van der Waals surface area contributed by atoms with Crippen LogP contribution in [0.2, 0.25) is 0 Å². The fourth-order valence-electron chi connectivity index (χ4n) is 1.19. The number of pyridine rings is 1. The molecule has 100 valence electrons. The molecule has 1 aromatic rings. The van der Waals surface area contributed by atoms with Crippen molar-refractivity contribution in [2.45, 2.75) is 19.7 Å². The van der Waals surface area contributed by atoms with Crippen molar-refractivity contribution in [1.29, 1.82) is 0 Å². The molecule has 0 amide bonds. The number of hydrogen-bond acceptors (Lipinski definition) is 5. The highest BCUT2D eigenvalue weighted by Crippen LogP contribution is 2.32. The Balaban J connectivity index is 3.02. The summed E-state index contributed by atoms with van der Waals surface area (Å²) >= 11 is 0. The molecule has 0 atom stereocenters. The summed E-state index contributed by atoms with van der Waals surface area (Å²) in [7, 11) is 1.15. The van der Waals surface area contributed by atoms with Crippen LogP contribution >= 0.6 is 0 Å². The molecular formula is C10H10F3NO4. The van der Waals surface area contributed by atoms with Crippen LogP contribution < -0.4 is 4.74 Å². The number of nitrogens with zero attached hydrogens (tertiary/aromatic N) is 1. The molecule has 1 heterocycles. The van der Waals surface area contributed by atoms with Gasteiger partial charge >= 0.3 is 12.3 Å². The van der Waals surface area contributed by atoms with E-state index < -0.39 is 23.8 Å². The summed E-state index contributed by atoms with van der Waals surface area (Å²) < 4.78 is 44.1.